The highest BCUT2D eigenvalue weighted by atomic mass is 32.1. The number of nitrogens with zero attached hydrogens (tertiary/aromatic N) is 1. The SMILES string of the molecule is CC(NC(=O)C1CCN(C(=O)c2cccs2)CC1)C12CC3CC(CC(C3)C1)C2. The van der Waals surface area contributed by atoms with Crippen LogP contribution in [-0.4, -0.2) is 35.8 Å². The number of carbonyl (C=O) groups is 2. The van der Waals surface area contributed by atoms with Crippen LogP contribution in [0.5, 0.6) is 0 Å². The summed E-state index contributed by atoms with van der Waals surface area (Å²) in [6.45, 7) is 3.65. The van der Waals surface area contributed by atoms with Gasteiger partial charge in [0.25, 0.3) is 5.91 Å². The summed E-state index contributed by atoms with van der Waals surface area (Å²) in [5.41, 5.74) is 0.361. The first-order chi connectivity index (χ1) is 13.5. The second kappa shape index (κ2) is 7.16. The third kappa shape index (κ3) is 3.30. The lowest BCUT2D eigenvalue weighted by Gasteiger charge is -2.59. The Morgan fingerprint density at radius 2 is 1.71 bits per heavy atom. The van der Waals surface area contributed by atoms with Crippen molar-refractivity contribution >= 4 is 23.2 Å². The van der Waals surface area contributed by atoms with Crippen molar-refractivity contribution in [2.75, 3.05) is 13.1 Å². The molecule has 1 aromatic rings. The fraction of sp³-hybridized carbons (Fsp3) is 0.739. The molecule has 5 fully saturated rings. The van der Waals surface area contributed by atoms with Crippen LogP contribution in [0.4, 0.5) is 0 Å². The number of thiophene rings is 1. The molecule has 6 rings (SSSR count). The molecule has 4 bridgehead atoms. The molecule has 0 spiro atoms. The molecule has 4 nitrogen and oxygen atoms in total. The number of likely N-dealkylation sites (tertiary alicyclic amines) is 1. The number of rotatable bonds is 4. The van der Waals surface area contributed by atoms with Crippen molar-refractivity contribution in [3.05, 3.63) is 22.4 Å². The molecule has 1 aromatic heterocycles. The summed E-state index contributed by atoms with van der Waals surface area (Å²) in [5.74, 6) is 3.15. The summed E-state index contributed by atoms with van der Waals surface area (Å²) in [6, 6.07) is 4.10. The zero-order chi connectivity index (χ0) is 19.3. The van der Waals surface area contributed by atoms with Gasteiger partial charge in [0.05, 0.1) is 4.88 Å². The Labute approximate surface area is 172 Å². The molecule has 5 aliphatic rings. The zero-order valence-corrected chi connectivity index (χ0v) is 17.7. The molecule has 152 valence electrons. The second-order valence-electron chi connectivity index (χ2n) is 10.1. The topological polar surface area (TPSA) is 49.4 Å². The van der Waals surface area contributed by atoms with Crippen LogP contribution in [0, 0.1) is 29.1 Å². The van der Waals surface area contributed by atoms with E-state index in [2.05, 4.69) is 12.2 Å². The molecule has 2 amide bonds. The van der Waals surface area contributed by atoms with Crippen molar-refractivity contribution in [2.45, 2.75) is 64.3 Å². The highest BCUT2D eigenvalue weighted by molar-refractivity contribution is 7.12. The number of carbonyl (C=O) groups excluding carboxylic acids is 2. The summed E-state index contributed by atoms with van der Waals surface area (Å²) < 4.78 is 0. The molecule has 4 aliphatic carbocycles. The van der Waals surface area contributed by atoms with E-state index in [4.69, 9.17) is 0 Å². The van der Waals surface area contributed by atoms with Gasteiger partial charge in [-0.2, -0.15) is 0 Å². The van der Waals surface area contributed by atoms with Crippen LogP contribution in [0.25, 0.3) is 0 Å². The Morgan fingerprint density at radius 3 is 2.25 bits per heavy atom. The van der Waals surface area contributed by atoms with Gasteiger partial charge in [0.1, 0.15) is 0 Å². The molecule has 4 saturated carbocycles. The van der Waals surface area contributed by atoms with Gasteiger partial charge in [0, 0.05) is 25.0 Å². The second-order valence-corrected chi connectivity index (χ2v) is 11.0. The van der Waals surface area contributed by atoms with Crippen LogP contribution < -0.4 is 5.32 Å². The van der Waals surface area contributed by atoms with E-state index in [1.807, 2.05) is 22.4 Å². The van der Waals surface area contributed by atoms with Crippen molar-refractivity contribution in [1.82, 2.24) is 10.2 Å². The maximum Gasteiger partial charge on any atom is 0.263 e. The van der Waals surface area contributed by atoms with E-state index >= 15 is 0 Å². The Balaban J connectivity index is 1.16. The molecular formula is C23H32N2O2S. The maximum absolute atomic E-state index is 13.0. The van der Waals surface area contributed by atoms with Gasteiger partial charge in [-0.3, -0.25) is 9.59 Å². The van der Waals surface area contributed by atoms with Gasteiger partial charge in [-0.1, -0.05) is 6.07 Å². The van der Waals surface area contributed by atoms with Crippen molar-refractivity contribution < 1.29 is 9.59 Å². The normalized spacial score (nSPS) is 35.8. The fourth-order valence-electron chi connectivity index (χ4n) is 7.09. The summed E-state index contributed by atoms with van der Waals surface area (Å²) in [5, 5.41) is 5.38. The van der Waals surface area contributed by atoms with Crippen molar-refractivity contribution in [2.24, 2.45) is 29.1 Å². The largest absolute Gasteiger partial charge is 0.353 e. The lowest BCUT2D eigenvalue weighted by molar-refractivity contribution is -0.131. The standard InChI is InChI=1S/C23H32N2O2S/c1-15(23-12-16-9-17(13-23)11-18(10-16)14-23)24-21(26)19-4-6-25(7-5-19)22(27)20-3-2-8-28-20/h2-3,8,15-19H,4-7,9-14H2,1H3,(H,24,26). The number of amides is 2. The monoisotopic (exact) mass is 400 g/mol. The van der Waals surface area contributed by atoms with E-state index in [1.165, 1.54) is 49.9 Å². The van der Waals surface area contributed by atoms with Gasteiger partial charge in [0.2, 0.25) is 5.91 Å². The quantitative estimate of drug-likeness (QED) is 0.818. The number of nitrogens with one attached hydrogen (secondary N) is 1. The van der Waals surface area contributed by atoms with E-state index in [9.17, 15) is 9.59 Å². The predicted octanol–water partition coefficient (Wildman–Crippen LogP) is 4.32. The minimum atomic E-state index is 0.0590. The van der Waals surface area contributed by atoms with Crippen molar-refractivity contribution in [3.63, 3.8) is 0 Å². The third-order valence-electron chi connectivity index (χ3n) is 8.25. The lowest BCUT2D eigenvalue weighted by atomic mass is 9.48. The summed E-state index contributed by atoms with van der Waals surface area (Å²) in [6.07, 6.45) is 9.88. The minimum Gasteiger partial charge on any atom is -0.353 e. The van der Waals surface area contributed by atoms with Crippen molar-refractivity contribution in [1.29, 1.82) is 0 Å². The molecule has 0 aromatic carbocycles. The van der Waals surface area contributed by atoms with Crippen LogP contribution in [0.3, 0.4) is 0 Å². The molecule has 2 heterocycles. The van der Waals surface area contributed by atoms with E-state index < -0.39 is 0 Å². The zero-order valence-electron chi connectivity index (χ0n) is 16.9. The first-order valence-electron chi connectivity index (χ1n) is 11.2. The van der Waals surface area contributed by atoms with Gasteiger partial charge in [-0.15, -0.1) is 11.3 Å². The fourth-order valence-corrected chi connectivity index (χ4v) is 7.78. The predicted molar refractivity (Wildman–Crippen MR) is 111 cm³/mol. The van der Waals surface area contributed by atoms with Gasteiger partial charge in [0.15, 0.2) is 0 Å². The molecule has 5 heteroatoms. The maximum atomic E-state index is 13.0. The highest BCUT2D eigenvalue weighted by Crippen LogP contribution is 2.61. The summed E-state index contributed by atoms with van der Waals surface area (Å²) in [4.78, 5) is 28.2. The van der Waals surface area contributed by atoms with Gasteiger partial charge in [-0.25, -0.2) is 0 Å². The molecule has 1 N–H and O–H groups in total. The first kappa shape index (κ1) is 18.7. The summed E-state index contributed by atoms with van der Waals surface area (Å²) >= 11 is 1.50. The smallest absolute Gasteiger partial charge is 0.263 e. The van der Waals surface area contributed by atoms with E-state index in [0.717, 1.165) is 35.5 Å². The number of hydrogen-bond acceptors (Lipinski definition) is 3. The number of hydrogen-bond donors (Lipinski definition) is 1. The number of piperidine rings is 1. The van der Waals surface area contributed by atoms with E-state index in [1.54, 1.807) is 0 Å². The Bertz CT molecular complexity index is 701. The lowest BCUT2D eigenvalue weighted by Crippen LogP contribution is -2.56. The van der Waals surface area contributed by atoms with Gasteiger partial charge < -0.3 is 10.2 Å². The molecule has 1 aliphatic heterocycles. The van der Waals surface area contributed by atoms with Crippen LogP contribution >= 0.6 is 11.3 Å². The molecule has 0 radical (unpaired) electrons. The van der Waals surface area contributed by atoms with E-state index in [-0.39, 0.29) is 17.7 Å². The molecule has 1 saturated heterocycles. The third-order valence-corrected chi connectivity index (χ3v) is 9.11. The highest BCUT2D eigenvalue weighted by Gasteiger charge is 2.53. The molecule has 1 unspecified atom stereocenters. The van der Waals surface area contributed by atoms with Crippen molar-refractivity contribution in [3.8, 4) is 0 Å². The first-order valence-corrected chi connectivity index (χ1v) is 12.0. The Kier molecular flexibility index (Phi) is 4.77. The molecule has 28 heavy (non-hydrogen) atoms. The van der Waals surface area contributed by atoms with Gasteiger partial charge >= 0.3 is 0 Å². The molecule has 1 atom stereocenters. The van der Waals surface area contributed by atoms with Crippen LogP contribution in [0.15, 0.2) is 17.5 Å². The summed E-state index contributed by atoms with van der Waals surface area (Å²) in [7, 11) is 0. The average molecular weight is 401 g/mol. The molecular weight excluding hydrogens is 368 g/mol. The van der Waals surface area contributed by atoms with Crippen LogP contribution in [-0.2, 0) is 4.79 Å². The van der Waals surface area contributed by atoms with Crippen LogP contribution in [0.2, 0.25) is 0 Å². The van der Waals surface area contributed by atoms with Crippen LogP contribution in [0.1, 0.15) is 68.0 Å². The van der Waals surface area contributed by atoms with Gasteiger partial charge in [-0.05, 0) is 92.9 Å². The minimum absolute atomic E-state index is 0.0590. The Hall–Kier alpha value is -1.36. The average Bonchev–Trinajstić information content (AvgIpc) is 3.21. The van der Waals surface area contributed by atoms with E-state index in [0.29, 0.717) is 24.5 Å². The Morgan fingerprint density at radius 1 is 1.11 bits per heavy atom.